The molecular weight excluding hydrogens is 418 g/mol. The highest BCUT2D eigenvalue weighted by Crippen LogP contribution is 2.36. The summed E-state index contributed by atoms with van der Waals surface area (Å²) in [7, 11) is -3.98. The number of ether oxygens (including phenoxy) is 1. The minimum Gasteiger partial charge on any atom is -0.465 e. The molecule has 0 saturated carbocycles. The Balaban J connectivity index is 2.01. The lowest BCUT2D eigenvalue weighted by Crippen LogP contribution is -2.34. The van der Waals surface area contributed by atoms with Gasteiger partial charge in [-0.05, 0) is 37.3 Å². The largest absolute Gasteiger partial charge is 0.465 e. The van der Waals surface area contributed by atoms with Gasteiger partial charge in [-0.1, -0.05) is 29.8 Å². The number of aromatic amines is 1. The molecule has 0 radical (unpaired) electrons. The Morgan fingerprint density at radius 2 is 1.86 bits per heavy atom. The Kier molecular flexibility index (Phi) is 6.09. The van der Waals surface area contributed by atoms with Crippen LogP contribution in [0, 0.1) is 0 Å². The number of carbonyl (C=O) groups is 2. The minimum absolute atomic E-state index is 0.0347. The average Bonchev–Trinajstić information content (AvgIpc) is 3.05. The van der Waals surface area contributed by atoms with Crippen molar-refractivity contribution in [2.75, 3.05) is 18.5 Å². The number of fused-ring (bicyclic) bond motifs is 1. The molecule has 152 valence electrons. The summed E-state index contributed by atoms with van der Waals surface area (Å²) < 4.78 is 31.3. The smallest absolute Gasteiger partial charge is 0.325 e. The van der Waals surface area contributed by atoms with E-state index in [1.807, 2.05) is 0 Å². The van der Waals surface area contributed by atoms with Gasteiger partial charge in [0.1, 0.15) is 17.3 Å². The number of urea groups is 1. The minimum atomic E-state index is -3.98. The number of anilines is 1. The summed E-state index contributed by atoms with van der Waals surface area (Å²) in [5, 5.41) is 5.46. The van der Waals surface area contributed by atoms with Crippen molar-refractivity contribution in [3.63, 3.8) is 0 Å². The molecule has 0 aliphatic carbocycles. The highest BCUT2D eigenvalue weighted by Gasteiger charge is 2.27. The summed E-state index contributed by atoms with van der Waals surface area (Å²) in [4.78, 5) is 26.4. The van der Waals surface area contributed by atoms with Crippen molar-refractivity contribution in [3.8, 4) is 0 Å². The number of amides is 2. The lowest BCUT2D eigenvalue weighted by molar-refractivity contribution is -0.141. The van der Waals surface area contributed by atoms with E-state index in [1.165, 1.54) is 18.2 Å². The predicted octanol–water partition coefficient (Wildman–Crippen LogP) is 3.34. The van der Waals surface area contributed by atoms with Crippen molar-refractivity contribution in [3.05, 3.63) is 53.6 Å². The summed E-state index contributed by atoms with van der Waals surface area (Å²) >= 11 is 6.06. The maximum absolute atomic E-state index is 13.3. The molecule has 0 atom stereocenters. The van der Waals surface area contributed by atoms with E-state index in [-0.39, 0.29) is 28.8 Å². The molecule has 1 aromatic heterocycles. The molecule has 10 heteroatoms. The molecule has 0 bridgehead atoms. The van der Waals surface area contributed by atoms with Gasteiger partial charge in [-0.25, -0.2) is 13.2 Å². The van der Waals surface area contributed by atoms with Crippen molar-refractivity contribution >= 4 is 50.2 Å². The first-order chi connectivity index (χ1) is 13.8. The van der Waals surface area contributed by atoms with Gasteiger partial charge in [0, 0.05) is 15.9 Å². The van der Waals surface area contributed by atoms with E-state index in [4.69, 9.17) is 16.3 Å². The molecular formula is C19H18ClN3O5S. The SMILES string of the molecule is CCOC(=O)CNC(=O)Nc1[nH]c2ccc(Cl)cc2c1S(=O)(=O)c1ccccc1. The Morgan fingerprint density at radius 1 is 1.14 bits per heavy atom. The Bertz CT molecular complexity index is 1160. The number of H-pyrrole nitrogens is 1. The number of hydrogen-bond donors (Lipinski definition) is 3. The third kappa shape index (κ3) is 4.52. The molecule has 3 aromatic rings. The van der Waals surface area contributed by atoms with Crippen molar-refractivity contribution in [1.29, 1.82) is 0 Å². The maximum Gasteiger partial charge on any atom is 0.325 e. The van der Waals surface area contributed by atoms with E-state index < -0.39 is 21.8 Å². The monoisotopic (exact) mass is 435 g/mol. The molecule has 3 rings (SSSR count). The fourth-order valence-electron chi connectivity index (χ4n) is 2.75. The number of aromatic nitrogens is 1. The van der Waals surface area contributed by atoms with Crippen LogP contribution in [0.1, 0.15) is 6.92 Å². The molecule has 0 aliphatic heterocycles. The molecule has 2 amide bonds. The standard InChI is InChI=1S/C19H18ClN3O5S/c1-2-28-16(24)11-21-19(25)23-18-17(14-10-12(20)8-9-15(14)22-18)29(26,27)13-6-4-3-5-7-13/h3-10,22H,2,11H2,1H3,(H2,21,23,25). The van der Waals surface area contributed by atoms with Crippen molar-refractivity contribution in [2.24, 2.45) is 0 Å². The summed E-state index contributed by atoms with van der Waals surface area (Å²) in [6, 6.07) is 11.8. The summed E-state index contributed by atoms with van der Waals surface area (Å²) in [6.45, 7) is 1.48. The molecule has 0 spiro atoms. The van der Waals surface area contributed by atoms with Gasteiger partial charge >= 0.3 is 12.0 Å². The Hall–Kier alpha value is -3.04. The highest BCUT2D eigenvalue weighted by molar-refractivity contribution is 7.92. The molecule has 0 fully saturated rings. The second-order valence-electron chi connectivity index (χ2n) is 5.95. The van der Waals surface area contributed by atoms with Crippen LogP contribution in [0.25, 0.3) is 10.9 Å². The fourth-order valence-corrected chi connectivity index (χ4v) is 4.50. The second kappa shape index (κ2) is 8.54. The number of carbonyl (C=O) groups excluding carboxylic acids is 2. The predicted molar refractivity (Wildman–Crippen MR) is 109 cm³/mol. The van der Waals surface area contributed by atoms with E-state index in [0.717, 1.165) is 0 Å². The molecule has 3 N–H and O–H groups in total. The van der Waals surface area contributed by atoms with Gasteiger partial charge in [-0.3, -0.25) is 10.1 Å². The molecule has 2 aromatic carbocycles. The zero-order valence-electron chi connectivity index (χ0n) is 15.4. The third-order valence-corrected chi connectivity index (χ3v) is 6.06. The maximum atomic E-state index is 13.3. The van der Waals surface area contributed by atoms with E-state index in [1.54, 1.807) is 37.3 Å². The van der Waals surface area contributed by atoms with E-state index >= 15 is 0 Å². The van der Waals surface area contributed by atoms with Gasteiger partial charge in [0.15, 0.2) is 0 Å². The van der Waals surface area contributed by atoms with Crippen LogP contribution in [0.5, 0.6) is 0 Å². The number of nitrogens with one attached hydrogen (secondary N) is 3. The summed E-state index contributed by atoms with van der Waals surface area (Å²) in [6.07, 6.45) is 0. The Labute approximate surface area is 172 Å². The van der Waals surface area contributed by atoms with E-state index in [2.05, 4.69) is 15.6 Å². The van der Waals surface area contributed by atoms with Gasteiger partial charge in [0.05, 0.1) is 11.5 Å². The topological polar surface area (TPSA) is 117 Å². The quantitative estimate of drug-likeness (QED) is 0.513. The summed E-state index contributed by atoms with van der Waals surface area (Å²) in [5.74, 6) is -0.643. The van der Waals surface area contributed by atoms with Gasteiger partial charge in [-0.2, -0.15) is 0 Å². The normalized spacial score (nSPS) is 11.2. The van der Waals surface area contributed by atoms with Crippen molar-refractivity contribution in [1.82, 2.24) is 10.3 Å². The van der Waals surface area contributed by atoms with Crippen LogP contribution in [0.3, 0.4) is 0 Å². The molecule has 0 aliphatic rings. The van der Waals surface area contributed by atoms with Crippen LogP contribution >= 0.6 is 11.6 Å². The lowest BCUT2D eigenvalue weighted by atomic mass is 10.2. The highest BCUT2D eigenvalue weighted by atomic mass is 35.5. The van der Waals surface area contributed by atoms with E-state index in [9.17, 15) is 18.0 Å². The first kappa shape index (κ1) is 20.7. The number of hydrogen-bond acceptors (Lipinski definition) is 5. The van der Waals surface area contributed by atoms with Gasteiger partial charge in [0.2, 0.25) is 9.84 Å². The number of rotatable bonds is 6. The third-order valence-electron chi connectivity index (χ3n) is 3.97. The van der Waals surface area contributed by atoms with Crippen LogP contribution in [-0.4, -0.2) is 38.6 Å². The number of esters is 1. The van der Waals surface area contributed by atoms with Crippen LogP contribution in [0.15, 0.2) is 58.3 Å². The van der Waals surface area contributed by atoms with Crippen molar-refractivity contribution in [2.45, 2.75) is 16.7 Å². The molecule has 0 unspecified atom stereocenters. The van der Waals surface area contributed by atoms with Crippen LogP contribution in [0.2, 0.25) is 5.02 Å². The zero-order valence-corrected chi connectivity index (χ0v) is 16.9. The van der Waals surface area contributed by atoms with E-state index in [0.29, 0.717) is 15.9 Å². The fraction of sp³-hybridized carbons (Fsp3) is 0.158. The van der Waals surface area contributed by atoms with Gasteiger partial charge < -0.3 is 15.0 Å². The second-order valence-corrected chi connectivity index (χ2v) is 8.27. The molecule has 0 saturated heterocycles. The van der Waals surface area contributed by atoms with Crippen LogP contribution < -0.4 is 10.6 Å². The van der Waals surface area contributed by atoms with Crippen LogP contribution in [-0.2, 0) is 19.4 Å². The molecule has 8 nitrogen and oxygen atoms in total. The summed E-state index contributed by atoms with van der Waals surface area (Å²) in [5.41, 5.74) is 0.476. The van der Waals surface area contributed by atoms with Gasteiger partial charge in [-0.15, -0.1) is 0 Å². The lowest BCUT2D eigenvalue weighted by Gasteiger charge is -2.09. The first-order valence-corrected chi connectivity index (χ1v) is 10.5. The average molecular weight is 436 g/mol. The van der Waals surface area contributed by atoms with Gasteiger partial charge in [0.25, 0.3) is 0 Å². The first-order valence-electron chi connectivity index (χ1n) is 8.64. The van der Waals surface area contributed by atoms with Crippen molar-refractivity contribution < 1.29 is 22.7 Å². The van der Waals surface area contributed by atoms with Crippen LogP contribution in [0.4, 0.5) is 10.6 Å². The molecule has 29 heavy (non-hydrogen) atoms. The molecule has 1 heterocycles. The Morgan fingerprint density at radius 3 is 2.55 bits per heavy atom. The zero-order chi connectivity index (χ0) is 21.0. The number of benzene rings is 2. The number of sulfone groups is 1. The number of halogens is 1.